The molecule has 0 heterocycles. The molecule has 3 heteroatoms. The molecule has 106 valence electrons. The van der Waals surface area contributed by atoms with Gasteiger partial charge in [0.15, 0.2) is 0 Å². The van der Waals surface area contributed by atoms with E-state index in [1.54, 1.807) is 0 Å². The molecule has 1 unspecified atom stereocenters. The lowest BCUT2D eigenvalue weighted by atomic mass is 10.1. The molecule has 2 aromatic carbocycles. The Morgan fingerprint density at radius 1 is 1.15 bits per heavy atom. The van der Waals surface area contributed by atoms with Crippen LogP contribution in [0.1, 0.15) is 30.6 Å². The maximum Gasteiger partial charge on any atom is 0.136 e. The Bertz CT molecular complexity index is 539. The molecule has 0 fully saturated rings. The highest BCUT2D eigenvalue weighted by molar-refractivity contribution is 9.10. The Balaban J connectivity index is 2.09. The van der Waals surface area contributed by atoms with Gasteiger partial charge in [-0.05, 0) is 41.8 Å². The minimum Gasteiger partial charge on any atom is -0.484 e. The first-order valence-electron chi connectivity index (χ1n) is 6.94. The number of ether oxygens (including phenoxy) is 1. The van der Waals surface area contributed by atoms with Gasteiger partial charge in [-0.15, -0.1) is 0 Å². The maximum absolute atomic E-state index is 5.99. The lowest BCUT2D eigenvalue weighted by molar-refractivity contribution is 0.214. The lowest BCUT2D eigenvalue weighted by Gasteiger charge is -2.18. The minimum atomic E-state index is -0.121. The monoisotopic (exact) mass is 333 g/mol. The summed E-state index contributed by atoms with van der Waals surface area (Å²) in [6, 6.07) is 16.3. The Kier molecular flexibility index (Phi) is 5.62. The Morgan fingerprint density at radius 2 is 1.90 bits per heavy atom. The van der Waals surface area contributed by atoms with E-state index in [9.17, 15) is 0 Å². The van der Waals surface area contributed by atoms with Gasteiger partial charge in [0, 0.05) is 11.0 Å². The maximum atomic E-state index is 5.99. The van der Waals surface area contributed by atoms with E-state index >= 15 is 0 Å². The number of nitrogens with two attached hydrogens (primary N) is 1. The molecular weight excluding hydrogens is 314 g/mol. The highest BCUT2D eigenvalue weighted by Crippen LogP contribution is 2.24. The minimum absolute atomic E-state index is 0.121. The van der Waals surface area contributed by atoms with Crippen molar-refractivity contribution in [3.8, 4) is 5.75 Å². The fraction of sp³-hybridized carbons (Fsp3) is 0.294. The van der Waals surface area contributed by atoms with Crippen molar-refractivity contribution in [3.05, 3.63) is 64.1 Å². The summed E-state index contributed by atoms with van der Waals surface area (Å²) in [5.74, 6) is 0.861. The molecule has 20 heavy (non-hydrogen) atoms. The van der Waals surface area contributed by atoms with Crippen molar-refractivity contribution in [1.29, 1.82) is 0 Å². The van der Waals surface area contributed by atoms with E-state index in [0.29, 0.717) is 6.54 Å². The van der Waals surface area contributed by atoms with Crippen LogP contribution in [0.25, 0.3) is 0 Å². The summed E-state index contributed by atoms with van der Waals surface area (Å²) in [4.78, 5) is 0. The van der Waals surface area contributed by atoms with E-state index < -0.39 is 0 Å². The third kappa shape index (κ3) is 4.09. The molecule has 0 aliphatic carbocycles. The van der Waals surface area contributed by atoms with E-state index in [-0.39, 0.29) is 6.10 Å². The van der Waals surface area contributed by atoms with Gasteiger partial charge < -0.3 is 10.5 Å². The summed E-state index contributed by atoms with van der Waals surface area (Å²) in [7, 11) is 0. The van der Waals surface area contributed by atoms with E-state index in [2.05, 4.69) is 35.0 Å². The van der Waals surface area contributed by atoms with Crippen molar-refractivity contribution in [1.82, 2.24) is 0 Å². The van der Waals surface area contributed by atoms with E-state index in [1.165, 1.54) is 5.56 Å². The highest BCUT2D eigenvalue weighted by atomic mass is 79.9. The first-order valence-corrected chi connectivity index (χ1v) is 7.73. The van der Waals surface area contributed by atoms with Crippen LogP contribution < -0.4 is 10.5 Å². The number of halogens is 1. The third-order valence-electron chi connectivity index (χ3n) is 3.17. The average molecular weight is 334 g/mol. The zero-order valence-corrected chi connectivity index (χ0v) is 13.3. The van der Waals surface area contributed by atoms with Crippen molar-refractivity contribution in [2.45, 2.75) is 25.9 Å². The zero-order valence-electron chi connectivity index (χ0n) is 11.7. The molecule has 2 aromatic rings. The first-order chi connectivity index (χ1) is 9.72. The zero-order chi connectivity index (χ0) is 14.4. The van der Waals surface area contributed by atoms with Gasteiger partial charge in [-0.25, -0.2) is 0 Å². The van der Waals surface area contributed by atoms with Crippen molar-refractivity contribution in [3.63, 3.8) is 0 Å². The molecule has 2 rings (SSSR count). The van der Waals surface area contributed by atoms with Crippen LogP contribution in [0.3, 0.4) is 0 Å². The van der Waals surface area contributed by atoms with Crippen LogP contribution >= 0.6 is 15.9 Å². The quantitative estimate of drug-likeness (QED) is 0.845. The molecule has 0 aliphatic heterocycles. The molecular formula is C17H20BrNO. The molecule has 0 bridgehead atoms. The van der Waals surface area contributed by atoms with E-state index in [0.717, 1.165) is 28.6 Å². The van der Waals surface area contributed by atoms with Crippen LogP contribution in [0.2, 0.25) is 0 Å². The molecule has 0 amide bonds. The highest BCUT2D eigenvalue weighted by Gasteiger charge is 2.11. The van der Waals surface area contributed by atoms with Crippen LogP contribution in [-0.4, -0.2) is 6.54 Å². The van der Waals surface area contributed by atoms with E-state index in [4.69, 9.17) is 10.5 Å². The van der Waals surface area contributed by atoms with Crippen LogP contribution in [0.15, 0.2) is 53.0 Å². The number of benzene rings is 2. The normalized spacial score (nSPS) is 12.2. The van der Waals surface area contributed by atoms with Gasteiger partial charge in [-0.3, -0.25) is 0 Å². The SMILES string of the molecule is CCCc1ccc(OC(CN)c2cccc(Br)c2)cc1. The molecule has 1 atom stereocenters. The second-order valence-electron chi connectivity index (χ2n) is 4.79. The molecule has 0 radical (unpaired) electrons. The summed E-state index contributed by atoms with van der Waals surface area (Å²) in [5.41, 5.74) is 8.26. The number of hydrogen-bond donors (Lipinski definition) is 1. The second-order valence-corrected chi connectivity index (χ2v) is 5.71. The Morgan fingerprint density at radius 3 is 2.50 bits per heavy atom. The molecule has 0 saturated heterocycles. The molecule has 0 aliphatic rings. The number of hydrogen-bond acceptors (Lipinski definition) is 2. The van der Waals surface area contributed by atoms with Crippen LogP contribution in [0.5, 0.6) is 5.75 Å². The molecule has 0 aromatic heterocycles. The first kappa shape index (κ1) is 15.1. The predicted molar refractivity (Wildman–Crippen MR) is 87.0 cm³/mol. The number of aryl methyl sites for hydroxylation is 1. The summed E-state index contributed by atoms with van der Waals surface area (Å²) in [5, 5.41) is 0. The van der Waals surface area contributed by atoms with Crippen LogP contribution in [-0.2, 0) is 6.42 Å². The molecule has 0 saturated carbocycles. The van der Waals surface area contributed by atoms with Gasteiger partial charge in [0.1, 0.15) is 11.9 Å². The summed E-state index contributed by atoms with van der Waals surface area (Å²) in [6.07, 6.45) is 2.14. The van der Waals surface area contributed by atoms with Gasteiger partial charge in [0.25, 0.3) is 0 Å². The van der Waals surface area contributed by atoms with Gasteiger partial charge in [0.05, 0.1) is 0 Å². The summed E-state index contributed by atoms with van der Waals surface area (Å²) < 4.78 is 7.03. The van der Waals surface area contributed by atoms with Crippen molar-refractivity contribution < 1.29 is 4.74 Å². The van der Waals surface area contributed by atoms with Gasteiger partial charge >= 0.3 is 0 Å². The second kappa shape index (κ2) is 7.46. The summed E-state index contributed by atoms with van der Waals surface area (Å²) >= 11 is 3.48. The Labute approximate surface area is 129 Å². The largest absolute Gasteiger partial charge is 0.484 e. The fourth-order valence-electron chi connectivity index (χ4n) is 2.15. The van der Waals surface area contributed by atoms with Crippen molar-refractivity contribution >= 4 is 15.9 Å². The summed E-state index contributed by atoms with van der Waals surface area (Å²) in [6.45, 7) is 2.63. The molecule has 0 spiro atoms. The topological polar surface area (TPSA) is 35.2 Å². The van der Waals surface area contributed by atoms with Crippen LogP contribution in [0, 0.1) is 0 Å². The van der Waals surface area contributed by atoms with Crippen molar-refractivity contribution in [2.75, 3.05) is 6.54 Å². The fourth-order valence-corrected chi connectivity index (χ4v) is 2.56. The molecule has 2 N–H and O–H groups in total. The van der Waals surface area contributed by atoms with Crippen LogP contribution in [0.4, 0.5) is 0 Å². The lowest BCUT2D eigenvalue weighted by Crippen LogP contribution is -2.18. The third-order valence-corrected chi connectivity index (χ3v) is 3.67. The number of rotatable bonds is 6. The Hall–Kier alpha value is -1.32. The smallest absolute Gasteiger partial charge is 0.136 e. The van der Waals surface area contributed by atoms with Crippen molar-refractivity contribution in [2.24, 2.45) is 5.73 Å². The van der Waals surface area contributed by atoms with Gasteiger partial charge in [-0.1, -0.05) is 53.5 Å². The van der Waals surface area contributed by atoms with E-state index in [1.807, 2.05) is 36.4 Å². The molecule has 2 nitrogen and oxygen atoms in total. The predicted octanol–water partition coefficient (Wildman–Crippen LogP) is 4.48. The van der Waals surface area contributed by atoms with Gasteiger partial charge in [0.2, 0.25) is 0 Å². The standard InChI is InChI=1S/C17H20BrNO/c1-2-4-13-7-9-16(10-8-13)20-17(12-19)14-5-3-6-15(18)11-14/h3,5-11,17H,2,4,12,19H2,1H3. The average Bonchev–Trinajstić information content (AvgIpc) is 2.47. The van der Waals surface area contributed by atoms with Gasteiger partial charge in [-0.2, -0.15) is 0 Å².